The smallest absolute Gasteiger partial charge is 0.304 e. The second kappa shape index (κ2) is 9.74. The van der Waals surface area contributed by atoms with Crippen molar-refractivity contribution in [1.82, 2.24) is 0 Å². The van der Waals surface area contributed by atoms with Crippen LogP contribution in [0.2, 0.25) is 0 Å². The highest BCUT2D eigenvalue weighted by Gasteiger charge is 2.55. The van der Waals surface area contributed by atoms with Gasteiger partial charge in [-0.2, -0.15) is 8.78 Å². The quantitative estimate of drug-likeness (QED) is 0.226. The van der Waals surface area contributed by atoms with Gasteiger partial charge in [0.2, 0.25) is 0 Å². The molecule has 3 rings (SSSR count). The largest absolute Gasteiger partial charge is 0.404 e. The first-order chi connectivity index (χ1) is 14.7. The van der Waals surface area contributed by atoms with E-state index < -0.39 is 18.8 Å². The monoisotopic (exact) mass is 508 g/mol. The molecule has 0 radical (unpaired) electrons. The van der Waals surface area contributed by atoms with E-state index in [-0.39, 0.29) is 17.7 Å². The van der Waals surface area contributed by atoms with Gasteiger partial charge < -0.3 is 9.05 Å². The molecule has 0 heterocycles. The number of rotatable bonds is 8. The van der Waals surface area contributed by atoms with Crippen LogP contribution in [-0.4, -0.2) is 13.2 Å². The second-order valence-electron chi connectivity index (χ2n) is 7.06. The van der Waals surface area contributed by atoms with Crippen molar-refractivity contribution in [2.24, 2.45) is 0 Å². The van der Waals surface area contributed by atoms with Gasteiger partial charge in [0, 0.05) is 10.0 Å². The molecule has 7 heteroatoms. The van der Waals surface area contributed by atoms with Gasteiger partial charge in [0.15, 0.2) is 0 Å². The van der Waals surface area contributed by atoms with Gasteiger partial charge in [0.05, 0.1) is 13.2 Å². The first-order valence-electron chi connectivity index (χ1n) is 9.95. The molecule has 3 aromatic carbocycles. The molecule has 0 saturated heterocycles. The fourth-order valence-electron chi connectivity index (χ4n) is 3.28. The Morgan fingerprint density at radius 1 is 0.935 bits per heavy atom. The Bertz CT molecular complexity index is 1150. The fourth-order valence-corrected chi connectivity index (χ4v) is 5.60. The van der Waals surface area contributed by atoms with Crippen molar-refractivity contribution in [3.05, 3.63) is 81.3 Å². The molecule has 0 atom stereocenters. The third-order valence-corrected chi connectivity index (χ3v) is 7.51. The Labute approximate surface area is 189 Å². The van der Waals surface area contributed by atoms with Gasteiger partial charge in [-0.15, -0.1) is 0 Å². The van der Waals surface area contributed by atoms with Gasteiger partial charge in [-0.25, -0.2) is 0 Å². The molecule has 0 N–H and O–H groups in total. The Kier molecular flexibility index (Phi) is 7.48. The number of alkyl halides is 2. The Balaban J connectivity index is 2.04. The standard InChI is InChI=1S/C24H24BrF2O3P/c1-4-29-31(28,30-5-2)24(26,27)22-15-21-14-19(11-12-20(21)16-23(22)25)10-9-18-8-6-7-17(3)13-18/h6-16H,4-5H2,1-3H3. The molecule has 0 amide bonds. The summed E-state index contributed by atoms with van der Waals surface area (Å²) >= 11 is 3.21. The molecule has 0 saturated carbocycles. The van der Waals surface area contributed by atoms with Crippen LogP contribution in [0.1, 0.15) is 36.1 Å². The summed E-state index contributed by atoms with van der Waals surface area (Å²) in [4.78, 5) is 0. The zero-order chi connectivity index (χ0) is 22.6. The van der Waals surface area contributed by atoms with Gasteiger partial charge in [-0.1, -0.05) is 70.0 Å². The van der Waals surface area contributed by atoms with Gasteiger partial charge in [0.1, 0.15) is 0 Å². The number of hydrogen-bond acceptors (Lipinski definition) is 3. The maximum Gasteiger partial charge on any atom is 0.404 e. The number of benzene rings is 3. The zero-order valence-electron chi connectivity index (χ0n) is 17.6. The Morgan fingerprint density at radius 2 is 1.58 bits per heavy atom. The molecule has 0 bridgehead atoms. The van der Waals surface area contributed by atoms with E-state index in [9.17, 15) is 4.57 Å². The molecule has 3 aromatic rings. The molecule has 31 heavy (non-hydrogen) atoms. The van der Waals surface area contributed by atoms with Crippen molar-refractivity contribution in [3.8, 4) is 0 Å². The minimum atomic E-state index is -4.70. The highest BCUT2D eigenvalue weighted by atomic mass is 79.9. The van der Waals surface area contributed by atoms with Gasteiger partial charge >= 0.3 is 13.3 Å². The molecular formula is C24H24BrF2O3P. The highest BCUT2D eigenvalue weighted by molar-refractivity contribution is 9.10. The average molecular weight is 509 g/mol. The average Bonchev–Trinajstić information content (AvgIpc) is 2.72. The van der Waals surface area contributed by atoms with Gasteiger partial charge in [-0.3, -0.25) is 4.57 Å². The summed E-state index contributed by atoms with van der Waals surface area (Å²) < 4.78 is 53.5. The lowest BCUT2D eigenvalue weighted by Crippen LogP contribution is -2.19. The summed E-state index contributed by atoms with van der Waals surface area (Å²) in [5.74, 6) is 0. The van der Waals surface area contributed by atoms with Crippen LogP contribution in [0.3, 0.4) is 0 Å². The van der Waals surface area contributed by atoms with E-state index in [1.165, 1.54) is 19.9 Å². The first kappa shape index (κ1) is 23.8. The molecule has 164 valence electrons. The van der Waals surface area contributed by atoms with Crippen LogP contribution < -0.4 is 0 Å². The molecule has 0 aliphatic heterocycles. The van der Waals surface area contributed by atoms with E-state index in [0.29, 0.717) is 5.39 Å². The van der Waals surface area contributed by atoms with Crippen molar-refractivity contribution in [2.45, 2.75) is 26.4 Å². The first-order valence-corrected chi connectivity index (χ1v) is 12.3. The summed E-state index contributed by atoms with van der Waals surface area (Å²) in [5, 5.41) is 1.38. The molecule has 0 unspecified atom stereocenters. The molecule has 0 aromatic heterocycles. The molecule has 0 aliphatic carbocycles. The SMILES string of the molecule is CCOP(=O)(OCC)C(F)(F)c1cc2cc(C=Cc3cccc(C)c3)ccc2cc1Br. The lowest BCUT2D eigenvalue weighted by atomic mass is 10.0. The minimum absolute atomic E-state index is 0.146. The van der Waals surface area contributed by atoms with Crippen LogP contribution in [0, 0.1) is 6.92 Å². The van der Waals surface area contributed by atoms with Gasteiger partial charge in [0.25, 0.3) is 0 Å². The summed E-state index contributed by atoms with van der Waals surface area (Å²) in [6.07, 6.45) is 3.90. The summed E-state index contributed by atoms with van der Waals surface area (Å²) in [6.45, 7) is 4.74. The number of hydrogen-bond donors (Lipinski definition) is 0. The van der Waals surface area contributed by atoms with E-state index in [4.69, 9.17) is 9.05 Å². The summed E-state index contributed by atoms with van der Waals surface area (Å²) in [6, 6.07) is 16.6. The van der Waals surface area contributed by atoms with E-state index in [2.05, 4.69) is 22.0 Å². The number of aryl methyl sites for hydroxylation is 1. The fraction of sp³-hybridized carbons (Fsp3) is 0.250. The molecule has 0 aliphatic rings. The molecule has 0 spiro atoms. The Hall–Kier alpha value is -1.85. The minimum Gasteiger partial charge on any atom is -0.304 e. The predicted octanol–water partition coefficient (Wildman–Crippen LogP) is 8.40. The highest BCUT2D eigenvalue weighted by Crippen LogP contribution is 2.67. The van der Waals surface area contributed by atoms with Crippen LogP contribution in [0.5, 0.6) is 0 Å². The van der Waals surface area contributed by atoms with Crippen LogP contribution in [-0.2, 0) is 19.3 Å². The van der Waals surface area contributed by atoms with Crippen molar-refractivity contribution in [3.63, 3.8) is 0 Å². The lowest BCUT2D eigenvalue weighted by molar-refractivity contribution is 0.0356. The van der Waals surface area contributed by atoms with Crippen molar-refractivity contribution < 1.29 is 22.4 Å². The topological polar surface area (TPSA) is 35.5 Å². The van der Waals surface area contributed by atoms with Crippen molar-refractivity contribution in [1.29, 1.82) is 0 Å². The number of fused-ring (bicyclic) bond motifs is 1. The lowest BCUT2D eigenvalue weighted by Gasteiger charge is -2.27. The van der Waals surface area contributed by atoms with Crippen LogP contribution in [0.25, 0.3) is 22.9 Å². The van der Waals surface area contributed by atoms with Gasteiger partial charge in [-0.05, 0) is 60.9 Å². The maximum atomic E-state index is 15.3. The van der Waals surface area contributed by atoms with Crippen LogP contribution >= 0.6 is 23.5 Å². The van der Waals surface area contributed by atoms with E-state index in [1.54, 1.807) is 6.07 Å². The summed E-state index contributed by atoms with van der Waals surface area (Å²) in [7, 11) is -4.70. The Morgan fingerprint density at radius 3 is 2.19 bits per heavy atom. The second-order valence-corrected chi connectivity index (χ2v) is 9.99. The maximum absolute atomic E-state index is 15.3. The van der Waals surface area contributed by atoms with E-state index in [0.717, 1.165) is 22.1 Å². The third-order valence-electron chi connectivity index (χ3n) is 4.73. The normalized spacial score (nSPS) is 12.7. The number of halogens is 3. The third kappa shape index (κ3) is 5.15. The predicted molar refractivity (Wildman–Crippen MR) is 127 cm³/mol. The zero-order valence-corrected chi connectivity index (χ0v) is 20.1. The molecule has 3 nitrogen and oxygen atoms in total. The van der Waals surface area contributed by atoms with Crippen LogP contribution in [0.15, 0.2) is 59.1 Å². The van der Waals surface area contributed by atoms with Crippen LogP contribution in [0.4, 0.5) is 8.78 Å². The van der Waals surface area contributed by atoms with E-state index in [1.807, 2.05) is 55.5 Å². The molecule has 0 fully saturated rings. The van der Waals surface area contributed by atoms with E-state index >= 15 is 8.78 Å². The van der Waals surface area contributed by atoms with Crippen molar-refractivity contribution in [2.75, 3.05) is 13.2 Å². The molecular weight excluding hydrogens is 485 g/mol. The van der Waals surface area contributed by atoms with Crippen molar-refractivity contribution >= 4 is 46.5 Å². The summed E-state index contributed by atoms with van der Waals surface area (Å²) in [5.41, 5.74) is -1.16.